The summed E-state index contributed by atoms with van der Waals surface area (Å²) in [5.74, 6) is 1.72. The van der Waals surface area contributed by atoms with Crippen molar-refractivity contribution in [3.63, 3.8) is 0 Å². The van der Waals surface area contributed by atoms with E-state index in [2.05, 4.69) is 73.2 Å². The third kappa shape index (κ3) is 5.94. The van der Waals surface area contributed by atoms with Crippen molar-refractivity contribution in [2.45, 2.75) is 37.6 Å². The molecule has 26 heavy (non-hydrogen) atoms. The molecular formula is C23H25NOS. The molecule has 0 radical (unpaired) electrons. The fourth-order valence-electron chi connectivity index (χ4n) is 2.60. The van der Waals surface area contributed by atoms with Crippen molar-refractivity contribution in [2.24, 2.45) is 0 Å². The van der Waals surface area contributed by atoms with Gasteiger partial charge in [0.05, 0.1) is 0 Å². The minimum atomic E-state index is 0.432. The number of hydrogen-bond acceptors (Lipinski definition) is 3. The van der Waals surface area contributed by atoms with Crippen molar-refractivity contribution in [1.82, 2.24) is 4.72 Å². The van der Waals surface area contributed by atoms with Gasteiger partial charge in [0, 0.05) is 10.9 Å². The Morgan fingerprint density at radius 2 is 1.65 bits per heavy atom. The maximum atomic E-state index is 5.95. The van der Waals surface area contributed by atoms with Crippen LogP contribution in [0.15, 0.2) is 83.8 Å². The van der Waals surface area contributed by atoms with E-state index in [0.717, 1.165) is 29.2 Å². The summed E-state index contributed by atoms with van der Waals surface area (Å²) in [6.07, 6.45) is 2.20. The maximum Gasteiger partial charge on any atom is 0.128 e. The molecule has 1 unspecified atom stereocenters. The van der Waals surface area contributed by atoms with Crippen LogP contribution in [0.1, 0.15) is 24.5 Å². The number of hydrogen-bond donors (Lipinski definition) is 1. The zero-order chi connectivity index (χ0) is 18.2. The molecule has 0 aliphatic rings. The van der Waals surface area contributed by atoms with Crippen LogP contribution in [0.2, 0.25) is 0 Å². The van der Waals surface area contributed by atoms with Crippen LogP contribution >= 0.6 is 11.9 Å². The first-order chi connectivity index (χ1) is 12.7. The molecule has 3 aromatic rings. The van der Waals surface area contributed by atoms with Gasteiger partial charge in [-0.25, -0.2) is 0 Å². The standard InChI is InChI=1S/C23H25NOS/c1-18-11-15-21(16-12-18)25-22-9-6-10-23(17-22)26-24-19(2)13-14-20-7-4-3-5-8-20/h3-12,15-17,19,24H,13-14H2,1-2H3. The average Bonchev–Trinajstić information content (AvgIpc) is 2.68. The van der Waals surface area contributed by atoms with Crippen molar-refractivity contribution in [2.75, 3.05) is 0 Å². The van der Waals surface area contributed by atoms with E-state index in [9.17, 15) is 0 Å². The molecule has 0 saturated heterocycles. The Labute approximate surface area is 160 Å². The second kappa shape index (κ2) is 9.46. The summed E-state index contributed by atoms with van der Waals surface area (Å²) in [5.41, 5.74) is 2.62. The molecule has 2 nitrogen and oxygen atoms in total. The van der Waals surface area contributed by atoms with Crippen molar-refractivity contribution >= 4 is 11.9 Å². The summed E-state index contributed by atoms with van der Waals surface area (Å²) in [6.45, 7) is 4.30. The third-order valence-electron chi connectivity index (χ3n) is 4.15. The first-order valence-electron chi connectivity index (χ1n) is 9.00. The molecule has 0 fully saturated rings. The van der Waals surface area contributed by atoms with Crippen molar-refractivity contribution < 1.29 is 4.74 Å². The molecule has 1 atom stereocenters. The van der Waals surface area contributed by atoms with Crippen LogP contribution in [-0.2, 0) is 6.42 Å². The van der Waals surface area contributed by atoms with E-state index in [1.54, 1.807) is 11.9 Å². The summed E-state index contributed by atoms with van der Waals surface area (Å²) < 4.78 is 9.47. The van der Waals surface area contributed by atoms with E-state index >= 15 is 0 Å². The lowest BCUT2D eigenvalue weighted by Crippen LogP contribution is -2.19. The molecule has 0 aromatic heterocycles. The molecule has 3 heteroatoms. The second-order valence-corrected chi connectivity index (χ2v) is 7.45. The van der Waals surface area contributed by atoms with Gasteiger partial charge in [0.2, 0.25) is 0 Å². The Bertz CT molecular complexity index is 802. The van der Waals surface area contributed by atoms with Crippen molar-refractivity contribution in [3.8, 4) is 11.5 Å². The van der Waals surface area contributed by atoms with Crippen LogP contribution in [0.4, 0.5) is 0 Å². The number of aryl methyl sites for hydroxylation is 2. The van der Waals surface area contributed by atoms with Crippen LogP contribution in [0, 0.1) is 6.92 Å². The molecule has 134 valence electrons. The van der Waals surface area contributed by atoms with Gasteiger partial charge < -0.3 is 4.74 Å². The van der Waals surface area contributed by atoms with Crippen LogP contribution in [-0.4, -0.2) is 6.04 Å². The first-order valence-corrected chi connectivity index (χ1v) is 9.81. The van der Waals surface area contributed by atoms with Crippen molar-refractivity contribution in [1.29, 1.82) is 0 Å². The van der Waals surface area contributed by atoms with Gasteiger partial charge in [-0.15, -0.1) is 0 Å². The fraction of sp³-hybridized carbons (Fsp3) is 0.217. The molecule has 0 saturated carbocycles. The monoisotopic (exact) mass is 363 g/mol. The normalized spacial score (nSPS) is 11.9. The smallest absolute Gasteiger partial charge is 0.128 e. The minimum Gasteiger partial charge on any atom is -0.457 e. The highest BCUT2D eigenvalue weighted by Gasteiger charge is 2.05. The lowest BCUT2D eigenvalue weighted by Gasteiger charge is -2.13. The largest absolute Gasteiger partial charge is 0.457 e. The average molecular weight is 364 g/mol. The predicted molar refractivity (Wildman–Crippen MR) is 111 cm³/mol. The van der Waals surface area contributed by atoms with Gasteiger partial charge in [-0.05, 0) is 74.5 Å². The second-order valence-electron chi connectivity index (χ2n) is 6.54. The van der Waals surface area contributed by atoms with E-state index in [1.807, 2.05) is 24.3 Å². The van der Waals surface area contributed by atoms with Gasteiger partial charge in [0.15, 0.2) is 0 Å². The minimum absolute atomic E-state index is 0.432. The molecule has 3 rings (SSSR count). The van der Waals surface area contributed by atoms with Gasteiger partial charge in [-0.3, -0.25) is 4.72 Å². The van der Waals surface area contributed by atoms with Gasteiger partial charge in [0.25, 0.3) is 0 Å². The molecule has 0 spiro atoms. The summed E-state index contributed by atoms with van der Waals surface area (Å²) in [4.78, 5) is 1.15. The summed E-state index contributed by atoms with van der Waals surface area (Å²) in [5, 5.41) is 0. The number of ether oxygens (including phenoxy) is 1. The van der Waals surface area contributed by atoms with E-state index in [-0.39, 0.29) is 0 Å². The maximum absolute atomic E-state index is 5.95. The molecule has 0 aliphatic carbocycles. The van der Waals surface area contributed by atoms with Gasteiger partial charge in [-0.2, -0.15) is 0 Å². The van der Waals surface area contributed by atoms with Gasteiger partial charge in [-0.1, -0.05) is 54.1 Å². The molecule has 0 bridgehead atoms. The highest BCUT2D eigenvalue weighted by atomic mass is 32.2. The Morgan fingerprint density at radius 3 is 2.42 bits per heavy atom. The highest BCUT2D eigenvalue weighted by Crippen LogP contribution is 2.26. The molecule has 0 heterocycles. The fourth-order valence-corrected chi connectivity index (χ4v) is 3.38. The Morgan fingerprint density at radius 1 is 0.885 bits per heavy atom. The third-order valence-corrected chi connectivity index (χ3v) is 5.16. The summed E-state index contributed by atoms with van der Waals surface area (Å²) >= 11 is 1.66. The SMILES string of the molecule is Cc1ccc(Oc2cccc(SNC(C)CCc3ccccc3)c2)cc1. The predicted octanol–water partition coefficient (Wildman–Crippen LogP) is 6.41. The van der Waals surface area contributed by atoms with E-state index in [1.165, 1.54) is 11.1 Å². The Kier molecular flexibility index (Phi) is 6.75. The Hall–Kier alpha value is -2.23. The van der Waals surface area contributed by atoms with Crippen LogP contribution in [0.3, 0.4) is 0 Å². The van der Waals surface area contributed by atoms with Gasteiger partial charge >= 0.3 is 0 Å². The van der Waals surface area contributed by atoms with E-state index in [4.69, 9.17) is 4.74 Å². The molecule has 0 amide bonds. The van der Waals surface area contributed by atoms with Crippen LogP contribution < -0.4 is 9.46 Å². The highest BCUT2D eigenvalue weighted by molar-refractivity contribution is 7.97. The number of rotatable bonds is 8. The quantitative estimate of drug-likeness (QED) is 0.468. The summed E-state index contributed by atoms with van der Waals surface area (Å²) in [7, 11) is 0. The molecule has 1 N–H and O–H groups in total. The lowest BCUT2D eigenvalue weighted by molar-refractivity contribution is 0.481. The van der Waals surface area contributed by atoms with E-state index < -0.39 is 0 Å². The van der Waals surface area contributed by atoms with Crippen molar-refractivity contribution in [3.05, 3.63) is 90.0 Å². The zero-order valence-corrected chi connectivity index (χ0v) is 16.1. The van der Waals surface area contributed by atoms with Gasteiger partial charge in [0.1, 0.15) is 11.5 Å². The zero-order valence-electron chi connectivity index (χ0n) is 15.3. The summed E-state index contributed by atoms with van der Waals surface area (Å²) in [6, 6.07) is 27.4. The molecule has 0 aliphatic heterocycles. The molecule has 3 aromatic carbocycles. The number of benzene rings is 3. The Balaban J connectivity index is 1.49. The molecular weight excluding hydrogens is 338 g/mol. The van der Waals surface area contributed by atoms with E-state index in [0.29, 0.717) is 6.04 Å². The van der Waals surface area contributed by atoms with Crippen LogP contribution in [0.5, 0.6) is 11.5 Å². The van der Waals surface area contributed by atoms with Crippen LogP contribution in [0.25, 0.3) is 0 Å². The number of nitrogens with one attached hydrogen (secondary N) is 1. The topological polar surface area (TPSA) is 21.3 Å². The first kappa shape index (κ1) is 18.6. The lowest BCUT2D eigenvalue weighted by atomic mass is 10.1.